The summed E-state index contributed by atoms with van der Waals surface area (Å²) in [7, 11) is -3.01. The van der Waals surface area contributed by atoms with Crippen LogP contribution in [0.15, 0.2) is 33.6 Å². The third-order valence-corrected chi connectivity index (χ3v) is 7.48. The third-order valence-electron chi connectivity index (χ3n) is 5.51. The molecule has 2 fully saturated rings. The Kier molecular flexibility index (Phi) is 4.73. The summed E-state index contributed by atoms with van der Waals surface area (Å²) in [6, 6.07) is 6.88. The molecule has 0 bridgehead atoms. The van der Waals surface area contributed by atoms with Gasteiger partial charge in [0.05, 0.1) is 4.90 Å². The van der Waals surface area contributed by atoms with E-state index in [0.717, 1.165) is 44.2 Å². The minimum absolute atomic E-state index is 0.0862. The lowest BCUT2D eigenvalue weighted by Crippen LogP contribution is -2.35. The molecule has 0 radical (unpaired) electrons. The van der Waals surface area contributed by atoms with Gasteiger partial charge in [-0.2, -0.15) is 0 Å². The van der Waals surface area contributed by atoms with Gasteiger partial charge in [-0.3, -0.25) is 13.9 Å². The number of rotatable bonds is 3. The van der Waals surface area contributed by atoms with Crippen LogP contribution >= 0.6 is 10.8 Å². The van der Waals surface area contributed by atoms with Gasteiger partial charge in [0.25, 0.3) is 5.91 Å². The number of hydrogen-bond donors (Lipinski definition) is 2. The fraction of sp³-hybridized carbons (Fsp3) is 0.526. The summed E-state index contributed by atoms with van der Waals surface area (Å²) in [6.07, 6.45) is 4.01. The number of carbonyl (C=O) groups excluding carboxylic acids is 1. The monoisotopic (exact) mass is 378 g/mol. The lowest BCUT2D eigenvalue weighted by Gasteiger charge is -2.45. The average Bonchev–Trinajstić information content (AvgIpc) is 3.30. The minimum Gasteiger partial charge on any atom is -0.451 e. The molecule has 7 heteroatoms. The Balaban J connectivity index is 1.59. The van der Waals surface area contributed by atoms with Crippen LogP contribution < -0.4 is 0 Å². The molecule has 0 aliphatic carbocycles. The van der Waals surface area contributed by atoms with Gasteiger partial charge in [0.1, 0.15) is 5.58 Å². The van der Waals surface area contributed by atoms with Crippen molar-refractivity contribution in [2.75, 3.05) is 26.2 Å². The van der Waals surface area contributed by atoms with Crippen molar-refractivity contribution >= 4 is 27.7 Å². The fourth-order valence-corrected chi connectivity index (χ4v) is 5.32. The topological polar surface area (TPSA) is 77.1 Å². The first-order valence-corrected chi connectivity index (χ1v) is 10.8. The second-order valence-electron chi connectivity index (χ2n) is 7.44. The molecule has 0 saturated carbocycles. The molecule has 0 spiro atoms. The van der Waals surface area contributed by atoms with Crippen LogP contribution in [0.25, 0.3) is 11.0 Å². The molecule has 2 aliphatic rings. The Labute approximate surface area is 155 Å². The van der Waals surface area contributed by atoms with E-state index in [-0.39, 0.29) is 5.91 Å². The zero-order valence-electron chi connectivity index (χ0n) is 15.1. The van der Waals surface area contributed by atoms with Crippen molar-refractivity contribution in [3.05, 3.63) is 30.0 Å². The molecular weight excluding hydrogens is 352 g/mol. The van der Waals surface area contributed by atoms with E-state index in [1.54, 1.807) is 33.5 Å². The van der Waals surface area contributed by atoms with Crippen molar-refractivity contribution in [3.63, 3.8) is 0 Å². The van der Waals surface area contributed by atoms with Crippen molar-refractivity contribution in [1.29, 1.82) is 0 Å². The van der Waals surface area contributed by atoms with Crippen LogP contribution in [0.4, 0.5) is 0 Å². The molecule has 4 rings (SSSR count). The van der Waals surface area contributed by atoms with E-state index < -0.39 is 10.8 Å². The maximum atomic E-state index is 12.5. The Hall–Kier alpha value is -1.54. The van der Waals surface area contributed by atoms with Crippen LogP contribution in [0.5, 0.6) is 0 Å². The number of likely N-dealkylation sites (tertiary alicyclic amines) is 1. The summed E-state index contributed by atoms with van der Waals surface area (Å²) in [4.78, 5) is 14.8. The molecule has 26 heavy (non-hydrogen) atoms. The molecule has 3 heterocycles. The van der Waals surface area contributed by atoms with Crippen LogP contribution in [0.2, 0.25) is 0 Å². The maximum Gasteiger partial charge on any atom is 0.289 e. The van der Waals surface area contributed by atoms with E-state index in [1.165, 1.54) is 0 Å². The second kappa shape index (κ2) is 6.88. The van der Waals surface area contributed by atoms with Crippen LogP contribution in [0.1, 0.15) is 43.2 Å². The summed E-state index contributed by atoms with van der Waals surface area (Å²) in [5.41, 5.74) is 0.596. The van der Waals surface area contributed by atoms with Crippen LogP contribution in [-0.2, 0) is 0 Å². The van der Waals surface area contributed by atoms with E-state index in [9.17, 15) is 13.9 Å². The standard InChI is InChI=1S/C19H26N2O4S/c1-14-6-10-21(11-7-14)26(23,24)16-4-5-17-15(12-16)13-18(25-17)19(22)20-8-2-3-9-20/h4-5,12-14,23-24H,2-3,6-11H2,1H3. The smallest absolute Gasteiger partial charge is 0.289 e. The van der Waals surface area contributed by atoms with Gasteiger partial charge in [0.15, 0.2) is 5.76 Å². The molecule has 2 N–H and O–H groups in total. The maximum absolute atomic E-state index is 12.5. The number of hydrogen-bond acceptors (Lipinski definition) is 5. The first-order valence-electron chi connectivity index (χ1n) is 9.31. The largest absolute Gasteiger partial charge is 0.451 e. The molecular formula is C19H26N2O4S. The summed E-state index contributed by atoms with van der Waals surface area (Å²) in [5.74, 6) is 0.858. The second-order valence-corrected chi connectivity index (χ2v) is 9.47. The van der Waals surface area contributed by atoms with E-state index in [0.29, 0.717) is 35.2 Å². The molecule has 6 nitrogen and oxygen atoms in total. The van der Waals surface area contributed by atoms with Gasteiger partial charge in [-0.05, 0) is 55.9 Å². The molecule has 0 unspecified atom stereocenters. The highest BCUT2D eigenvalue weighted by Crippen LogP contribution is 2.53. The predicted molar refractivity (Wildman–Crippen MR) is 102 cm³/mol. The number of fused-ring (bicyclic) bond motifs is 1. The highest BCUT2D eigenvalue weighted by Gasteiger charge is 2.29. The van der Waals surface area contributed by atoms with Gasteiger partial charge in [-0.15, -0.1) is 10.8 Å². The summed E-state index contributed by atoms with van der Waals surface area (Å²) >= 11 is 0. The van der Waals surface area contributed by atoms with Gasteiger partial charge < -0.3 is 9.32 Å². The van der Waals surface area contributed by atoms with E-state index >= 15 is 0 Å². The molecule has 0 atom stereocenters. The number of benzene rings is 1. The zero-order valence-corrected chi connectivity index (χ0v) is 15.9. The van der Waals surface area contributed by atoms with Crippen LogP contribution in [-0.4, -0.2) is 50.4 Å². The highest BCUT2D eigenvalue weighted by atomic mass is 32.3. The van der Waals surface area contributed by atoms with Gasteiger partial charge in [0, 0.05) is 31.6 Å². The van der Waals surface area contributed by atoms with E-state index in [2.05, 4.69) is 6.92 Å². The average molecular weight is 378 g/mol. The van der Waals surface area contributed by atoms with Gasteiger partial charge in [0.2, 0.25) is 0 Å². The molecule has 1 aromatic carbocycles. The van der Waals surface area contributed by atoms with Crippen molar-refractivity contribution in [2.24, 2.45) is 5.92 Å². The lowest BCUT2D eigenvalue weighted by atomic mass is 10.0. The molecule has 2 aromatic rings. The van der Waals surface area contributed by atoms with Crippen LogP contribution in [0.3, 0.4) is 0 Å². The fourth-order valence-electron chi connectivity index (χ4n) is 3.76. The number of amides is 1. The molecule has 1 amide bonds. The Morgan fingerprint density at radius 2 is 1.81 bits per heavy atom. The predicted octanol–water partition coefficient (Wildman–Crippen LogP) is 4.43. The van der Waals surface area contributed by atoms with Crippen molar-refractivity contribution in [2.45, 2.75) is 37.5 Å². The molecule has 2 saturated heterocycles. The summed E-state index contributed by atoms with van der Waals surface area (Å²) in [5, 5.41) is 0.732. The van der Waals surface area contributed by atoms with Gasteiger partial charge >= 0.3 is 0 Å². The van der Waals surface area contributed by atoms with E-state index in [1.807, 2.05) is 0 Å². The van der Waals surface area contributed by atoms with E-state index in [4.69, 9.17) is 4.42 Å². The molecule has 142 valence electrons. The first kappa shape index (κ1) is 17.9. The normalized spacial score (nSPS) is 20.8. The van der Waals surface area contributed by atoms with Gasteiger partial charge in [-0.1, -0.05) is 6.92 Å². The highest BCUT2D eigenvalue weighted by molar-refractivity contribution is 8.22. The number of piperidine rings is 1. The third kappa shape index (κ3) is 3.24. The van der Waals surface area contributed by atoms with Crippen molar-refractivity contribution in [3.8, 4) is 0 Å². The number of carbonyl (C=O) groups is 1. The van der Waals surface area contributed by atoms with Crippen LogP contribution in [0, 0.1) is 5.92 Å². The quantitative estimate of drug-likeness (QED) is 0.826. The first-order chi connectivity index (χ1) is 12.4. The molecule has 1 aromatic heterocycles. The zero-order chi connectivity index (χ0) is 18.3. The Morgan fingerprint density at radius 1 is 1.12 bits per heavy atom. The lowest BCUT2D eigenvalue weighted by molar-refractivity contribution is 0.0763. The summed E-state index contributed by atoms with van der Waals surface area (Å²) in [6.45, 7) is 5.11. The molecule has 2 aliphatic heterocycles. The van der Waals surface area contributed by atoms with Crippen molar-refractivity contribution < 1.29 is 18.3 Å². The van der Waals surface area contributed by atoms with Crippen molar-refractivity contribution in [1.82, 2.24) is 9.21 Å². The minimum atomic E-state index is -3.01. The SMILES string of the molecule is CC1CCN(S(O)(O)c2ccc3oc(C(=O)N4CCCC4)cc3c2)CC1. The van der Waals surface area contributed by atoms with Gasteiger partial charge in [-0.25, -0.2) is 4.31 Å². The number of nitrogens with zero attached hydrogens (tertiary/aromatic N) is 2. The summed E-state index contributed by atoms with van der Waals surface area (Å²) < 4.78 is 29.1. The Morgan fingerprint density at radius 3 is 2.50 bits per heavy atom. The Bertz CT molecular complexity index is 805. The number of furan rings is 1.